The number of rotatable bonds is 5. The van der Waals surface area contributed by atoms with Crippen LogP contribution >= 0.6 is 15.9 Å². The van der Waals surface area contributed by atoms with Gasteiger partial charge in [-0.15, -0.1) is 0 Å². The van der Waals surface area contributed by atoms with Crippen molar-refractivity contribution in [2.45, 2.75) is 25.0 Å². The molecule has 0 bridgehead atoms. The highest BCUT2D eigenvalue weighted by Gasteiger charge is 2.32. The Morgan fingerprint density at radius 1 is 1.47 bits per heavy atom. The molecule has 5 nitrogen and oxygen atoms in total. The highest BCUT2D eigenvalue weighted by molar-refractivity contribution is 9.10. The van der Waals surface area contributed by atoms with Gasteiger partial charge in [0.05, 0.1) is 12.2 Å². The number of aliphatic hydroxyl groups excluding tert-OH is 1. The zero-order valence-electron chi connectivity index (χ0n) is 11.0. The lowest BCUT2D eigenvalue weighted by Gasteiger charge is -2.36. The van der Waals surface area contributed by atoms with Gasteiger partial charge in [0.25, 0.3) is 0 Å². The Kier molecular flexibility index (Phi) is 5.15. The predicted octanol–water partition coefficient (Wildman–Crippen LogP) is 1.94. The van der Waals surface area contributed by atoms with E-state index in [1.165, 1.54) is 0 Å². The molecule has 0 aliphatic carbocycles. The molecule has 1 aromatic heterocycles. The second-order valence-electron chi connectivity index (χ2n) is 4.69. The predicted molar refractivity (Wildman–Crippen MR) is 76.1 cm³/mol. The molecule has 1 aliphatic rings. The molecule has 0 spiro atoms. The molecule has 1 saturated heterocycles. The number of halogens is 1. The summed E-state index contributed by atoms with van der Waals surface area (Å²) in [7, 11) is 1.74. The summed E-state index contributed by atoms with van der Waals surface area (Å²) in [5.74, 6) is 0.737. The van der Waals surface area contributed by atoms with Crippen LogP contribution in [0.1, 0.15) is 18.4 Å². The zero-order valence-corrected chi connectivity index (χ0v) is 12.6. The van der Waals surface area contributed by atoms with Crippen molar-refractivity contribution in [3.63, 3.8) is 0 Å². The van der Waals surface area contributed by atoms with Crippen molar-refractivity contribution in [3.05, 3.63) is 22.3 Å². The zero-order chi connectivity index (χ0) is 13.7. The maximum Gasteiger partial charge on any atom is 0.127 e. The molecule has 1 aromatic rings. The fourth-order valence-corrected chi connectivity index (χ4v) is 2.66. The van der Waals surface area contributed by atoms with Gasteiger partial charge in [-0.05, 0) is 33.6 Å². The fourth-order valence-electron chi connectivity index (χ4n) is 2.18. The second-order valence-corrected chi connectivity index (χ2v) is 5.51. The van der Waals surface area contributed by atoms with E-state index in [0.717, 1.165) is 37.4 Å². The molecule has 0 saturated carbocycles. The Balaban J connectivity index is 2.02. The van der Waals surface area contributed by atoms with Crippen molar-refractivity contribution in [2.75, 3.05) is 32.2 Å². The van der Waals surface area contributed by atoms with Crippen LogP contribution in [0.25, 0.3) is 0 Å². The Hall–Kier alpha value is -0.690. The number of pyridine rings is 1. The van der Waals surface area contributed by atoms with Gasteiger partial charge in [0.2, 0.25) is 0 Å². The number of nitrogens with one attached hydrogen (secondary N) is 1. The van der Waals surface area contributed by atoms with E-state index in [1.54, 1.807) is 13.2 Å². The summed E-state index contributed by atoms with van der Waals surface area (Å²) >= 11 is 3.34. The molecule has 1 fully saturated rings. The van der Waals surface area contributed by atoms with E-state index in [-0.39, 0.29) is 12.2 Å². The highest BCUT2D eigenvalue weighted by Crippen LogP contribution is 2.25. The topological polar surface area (TPSA) is 63.6 Å². The minimum atomic E-state index is -0.193. The molecule has 106 valence electrons. The molecule has 0 radical (unpaired) electrons. The minimum Gasteiger partial charge on any atom is -0.392 e. The van der Waals surface area contributed by atoms with Gasteiger partial charge in [0.1, 0.15) is 10.4 Å². The number of aromatic nitrogens is 1. The first-order valence-electron chi connectivity index (χ1n) is 6.31. The largest absolute Gasteiger partial charge is 0.392 e. The summed E-state index contributed by atoms with van der Waals surface area (Å²) in [5, 5.41) is 12.5. The second kappa shape index (κ2) is 6.65. The lowest BCUT2D eigenvalue weighted by Crippen LogP contribution is -2.44. The van der Waals surface area contributed by atoms with Crippen LogP contribution in [0.2, 0.25) is 0 Å². The number of ether oxygens (including phenoxy) is 2. The van der Waals surface area contributed by atoms with E-state index in [9.17, 15) is 5.11 Å². The van der Waals surface area contributed by atoms with Crippen LogP contribution in [0.4, 0.5) is 5.82 Å². The number of aliphatic hydroxyl groups is 1. The Labute approximate surface area is 121 Å². The van der Waals surface area contributed by atoms with Crippen LogP contribution in [0.3, 0.4) is 0 Å². The number of hydrogen-bond donors (Lipinski definition) is 2. The lowest BCUT2D eigenvalue weighted by molar-refractivity contribution is -0.0807. The van der Waals surface area contributed by atoms with Crippen LogP contribution in [0, 0.1) is 0 Å². The van der Waals surface area contributed by atoms with E-state index in [1.807, 2.05) is 6.07 Å². The minimum absolute atomic E-state index is 0.000932. The average Bonchev–Trinajstić information content (AvgIpc) is 2.45. The van der Waals surface area contributed by atoms with Gasteiger partial charge < -0.3 is 19.9 Å². The molecule has 0 amide bonds. The van der Waals surface area contributed by atoms with Crippen molar-refractivity contribution in [1.29, 1.82) is 0 Å². The maximum atomic E-state index is 9.18. The molecular weight excluding hydrogens is 312 g/mol. The first-order chi connectivity index (χ1) is 9.17. The molecule has 2 heterocycles. The quantitative estimate of drug-likeness (QED) is 0.808. The first kappa shape index (κ1) is 14.7. The summed E-state index contributed by atoms with van der Waals surface area (Å²) < 4.78 is 11.7. The third kappa shape index (κ3) is 3.89. The molecular formula is C13H19BrN2O3. The van der Waals surface area contributed by atoms with Crippen LogP contribution in [-0.2, 0) is 16.1 Å². The summed E-state index contributed by atoms with van der Waals surface area (Å²) in [6.45, 7) is 2.13. The van der Waals surface area contributed by atoms with E-state index < -0.39 is 0 Å². The normalized spacial score (nSPS) is 18.3. The smallest absolute Gasteiger partial charge is 0.127 e. The van der Waals surface area contributed by atoms with Crippen molar-refractivity contribution < 1.29 is 14.6 Å². The third-order valence-corrected chi connectivity index (χ3v) is 3.87. The molecule has 19 heavy (non-hydrogen) atoms. The summed E-state index contributed by atoms with van der Waals surface area (Å²) in [4.78, 5) is 4.34. The van der Waals surface area contributed by atoms with Gasteiger partial charge in [-0.2, -0.15) is 0 Å². The van der Waals surface area contributed by atoms with Crippen molar-refractivity contribution in [1.82, 2.24) is 4.98 Å². The molecule has 1 aliphatic heterocycles. The van der Waals surface area contributed by atoms with E-state index in [4.69, 9.17) is 9.47 Å². The van der Waals surface area contributed by atoms with E-state index in [2.05, 4.69) is 26.2 Å². The summed E-state index contributed by atoms with van der Waals surface area (Å²) in [6, 6.07) is 3.64. The van der Waals surface area contributed by atoms with Crippen LogP contribution in [-0.4, -0.2) is 42.6 Å². The summed E-state index contributed by atoms with van der Waals surface area (Å²) in [6.07, 6.45) is 1.74. The SMILES string of the molecule is COC1(CNc2cc(CO)cc(Br)n2)CCOCC1. The maximum absolute atomic E-state index is 9.18. The van der Waals surface area contributed by atoms with Gasteiger partial charge >= 0.3 is 0 Å². The van der Waals surface area contributed by atoms with E-state index in [0.29, 0.717) is 11.1 Å². The van der Waals surface area contributed by atoms with Gasteiger partial charge in [-0.1, -0.05) is 0 Å². The Morgan fingerprint density at radius 2 is 2.21 bits per heavy atom. The van der Waals surface area contributed by atoms with Crippen LogP contribution in [0.5, 0.6) is 0 Å². The number of methoxy groups -OCH3 is 1. The highest BCUT2D eigenvalue weighted by atomic mass is 79.9. The molecule has 0 atom stereocenters. The van der Waals surface area contributed by atoms with Crippen LogP contribution in [0.15, 0.2) is 16.7 Å². The van der Waals surface area contributed by atoms with Crippen molar-refractivity contribution >= 4 is 21.7 Å². The molecule has 6 heteroatoms. The average molecular weight is 331 g/mol. The number of nitrogens with zero attached hydrogens (tertiary/aromatic N) is 1. The van der Waals surface area contributed by atoms with Gasteiger partial charge in [0, 0.05) is 39.7 Å². The summed E-state index contributed by atoms with van der Waals surface area (Å²) in [5.41, 5.74) is 0.629. The Bertz CT molecular complexity index is 422. The van der Waals surface area contributed by atoms with Gasteiger partial charge in [-0.3, -0.25) is 0 Å². The van der Waals surface area contributed by atoms with Crippen molar-refractivity contribution in [2.24, 2.45) is 0 Å². The van der Waals surface area contributed by atoms with Crippen molar-refractivity contribution in [3.8, 4) is 0 Å². The number of hydrogen-bond acceptors (Lipinski definition) is 5. The fraction of sp³-hybridized carbons (Fsp3) is 0.615. The first-order valence-corrected chi connectivity index (χ1v) is 7.11. The van der Waals surface area contributed by atoms with Crippen LogP contribution < -0.4 is 5.32 Å². The third-order valence-electron chi connectivity index (χ3n) is 3.47. The van der Waals surface area contributed by atoms with E-state index >= 15 is 0 Å². The molecule has 0 unspecified atom stereocenters. The standard InChI is InChI=1S/C13H19BrN2O3/c1-18-13(2-4-19-5-3-13)9-15-12-7-10(8-17)6-11(14)16-12/h6-7,17H,2-5,8-9H2,1H3,(H,15,16). The lowest BCUT2D eigenvalue weighted by atomic mass is 9.94. The Morgan fingerprint density at radius 3 is 2.84 bits per heavy atom. The molecule has 2 N–H and O–H groups in total. The molecule has 2 rings (SSSR count). The molecule has 0 aromatic carbocycles. The monoisotopic (exact) mass is 330 g/mol. The van der Waals surface area contributed by atoms with Gasteiger partial charge in [-0.25, -0.2) is 4.98 Å². The van der Waals surface area contributed by atoms with Gasteiger partial charge in [0.15, 0.2) is 0 Å². The number of anilines is 1.